The lowest BCUT2D eigenvalue weighted by Crippen LogP contribution is -2.61. The predicted molar refractivity (Wildman–Crippen MR) is 410 cm³/mol. The Labute approximate surface area is 645 Å². The van der Waals surface area contributed by atoms with E-state index in [1.165, 1.54) is 24.7 Å². The number of imidazole rings is 1. The fourth-order valence-corrected chi connectivity index (χ4v) is 11.8. The second kappa shape index (κ2) is 45.1. The fraction of sp³-hybridized carbons (Fsp3) is 0.413. The molecule has 0 saturated carbocycles. The Morgan fingerprint density at radius 2 is 0.902 bits per heavy atom. The number of rotatable bonds is 47. The summed E-state index contributed by atoms with van der Waals surface area (Å²) in [7, 11) is 0. The number of para-hydroxylation sites is 1. The third-order valence-corrected chi connectivity index (χ3v) is 17.7. The first-order valence-corrected chi connectivity index (χ1v) is 36.5. The lowest BCUT2D eigenvalue weighted by atomic mass is 10.00. The maximum absolute atomic E-state index is 15.1. The molecule has 0 aliphatic rings. The van der Waals surface area contributed by atoms with Gasteiger partial charge in [0, 0.05) is 67.8 Å². The quantitative estimate of drug-likeness (QED) is 0.0111. The molecule has 0 aliphatic heterocycles. The van der Waals surface area contributed by atoms with E-state index in [1.54, 1.807) is 117 Å². The second-order valence-electron chi connectivity index (χ2n) is 27.0. The van der Waals surface area contributed by atoms with Crippen LogP contribution in [0.2, 0.25) is 0 Å². The molecule has 0 radical (unpaired) electrons. The second-order valence-corrected chi connectivity index (χ2v) is 27.0. The third-order valence-electron chi connectivity index (χ3n) is 17.7. The van der Waals surface area contributed by atoms with Crippen LogP contribution in [-0.4, -0.2) is 206 Å². The van der Waals surface area contributed by atoms with Crippen LogP contribution < -0.4 is 86.3 Å². The van der Waals surface area contributed by atoms with Gasteiger partial charge in [-0.3, -0.25) is 73.1 Å². The van der Waals surface area contributed by atoms with Crippen LogP contribution in [-0.2, 0) is 94.4 Å². The number of carboxylic acids is 2. The van der Waals surface area contributed by atoms with E-state index in [2.05, 4.69) is 84.1 Å². The highest BCUT2D eigenvalue weighted by atomic mass is 16.4. The Balaban J connectivity index is 1.25. The number of amides is 11. The average molecular weight is 1550 g/mol. The number of aliphatic carboxylic acids is 2. The number of aromatic hydroxyl groups is 1. The highest BCUT2D eigenvalue weighted by Gasteiger charge is 2.37. The number of fused-ring (bicyclic) bond motifs is 1. The number of hydrogen-bond acceptors (Lipinski definition) is 18. The van der Waals surface area contributed by atoms with Gasteiger partial charge in [-0.2, -0.15) is 0 Å². The number of carbonyl (C=O) groups excluding carboxylic acids is 11. The molecule has 4 aromatic carbocycles. The van der Waals surface area contributed by atoms with E-state index in [9.17, 15) is 63.3 Å². The number of phenolic OH excluding ortho intramolecular Hbond substituents is 1. The van der Waals surface area contributed by atoms with Gasteiger partial charge in [-0.1, -0.05) is 125 Å². The Bertz CT molecular complexity index is 4180. The summed E-state index contributed by atoms with van der Waals surface area (Å²) in [4.78, 5) is 192. The molecule has 11 amide bonds. The lowest BCUT2D eigenvalue weighted by Gasteiger charge is -2.28. The smallest absolute Gasteiger partial charge is 0.322 e. The molecular formula is C75H101N21O16. The average Bonchev–Trinajstić information content (AvgIpc) is 1.76. The summed E-state index contributed by atoms with van der Waals surface area (Å²) in [5.74, 6) is -14.5. The largest absolute Gasteiger partial charge is 0.508 e. The van der Waals surface area contributed by atoms with E-state index in [-0.39, 0.29) is 83.0 Å². The van der Waals surface area contributed by atoms with Crippen molar-refractivity contribution in [2.45, 2.75) is 165 Å². The molecule has 0 saturated heterocycles. The van der Waals surface area contributed by atoms with Crippen LogP contribution in [0.25, 0.3) is 10.9 Å². The Kier molecular flexibility index (Phi) is 35.4. The zero-order valence-corrected chi connectivity index (χ0v) is 62.3. The van der Waals surface area contributed by atoms with E-state index in [1.807, 2.05) is 6.92 Å². The van der Waals surface area contributed by atoms with Crippen molar-refractivity contribution in [2.24, 2.45) is 23.1 Å². The fourth-order valence-electron chi connectivity index (χ4n) is 11.8. The summed E-state index contributed by atoms with van der Waals surface area (Å²) in [5.41, 5.74) is 20.4. The minimum atomic E-state index is -2.00. The van der Waals surface area contributed by atoms with Crippen LogP contribution in [0.15, 0.2) is 128 Å². The van der Waals surface area contributed by atoms with Crippen molar-refractivity contribution in [2.75, 3.05) is 26.2 Å². The van der Waals surface area contributed by atoms with E-state index in [0.29, 0.717) is 51.7 Å². The van der Waals surface area contributed by atoms with Crippen molar-refractivity contribution in [1.29, 1.82) is 10.8 Å². The van der Waals surface area contributed by atoms with Crippen LogP contribution in [0.3, 0.4) is 0 Å². The summed E-state index contributed by atoms with van der Waals surface area (Å²) in [6.45, 7) is 3.67. The minimum absolute atomic E-state index is 0.0117. The van der Waals surface area contributed by atoms with Crippen LogP contribution >= 0.6 is 0 Å². The molecule has 602 valence electrons. The first-order chi connectivity index (χ1) is 53.5. The number of nitrogens with two attached hydrogens (primary N) is 3. The zero-order chi connectivity index (χ0) is 81.8. The number of hydrogen-bond donors (Lipinski definition) is 23. The molecular weight excluding hydrogens is 1450 g/mol. The molecule has 0 unspecified atom stereocenters. The van der Waals surface area contributed by atoms with Gasteiger partial charge < -0.3 is 112 Å². The zero-order valence-electron chi connectivity index (χ0n) is 62.3. The lowest BCUT2D eigenvalue weighted by molar-refractivity contribution is -0.141. The highest BCUT2D eigenvalue weighted by molar-refractivity contribution is 6.00. The number of H-pyrrole nitrogens is 2. The third kappa shape index (κ3) is 30.2. The number of unbranched alkanes of at least 4 members (excludes halogenated alkanes) is 1. The first-order valence-electron chi connectivity index (χ1n) is 36.5. The predicted octanol–water partition coefficient (Wildman–Crippen LogP) is -2.04. The molecule has 10 atom stereocenters. The van der Waals surface area contributed by atoms with Gasteiger partial charge in [-0.05, 0) is 84.9 Å². The number of nitrogens with zero attached hydrogens (tertiary/aromatic N) is 1. The summed E-state index contributed by atoms with van der Waals surface area (Å²) in [6, 6.07) is 14.9. The number of phenols is 1. The monoisotopic (exact) mass is 1550 g/mol. The van der Waals surface area contributed by atoms with Gasteiger partial charge in [-0.25, -0.2) is 4.98 Å². The summed E-state index contributed by atoms with van der Waals surface area (Å²) in [5, 5.41) is 78.8. The maximum atomic E-state index is 15.1. The van der Waals surface area contributed by atoms with E-state index in [0.717, 1.165) is 0 Å². The standard InChI is InChI=1S/C75H101N21O16/c1-4-5-21-52(91-73(112)63(42(2)3)96-64(103)50(76)31-45-25-27-48(97)28-26-45)65(104)85-39-60(98)88-58(35-47-38-81-41-87-47)71(110)93-56(33-44-18-10-7-11-19-44)69(108)89-54(24-15-30-83-75(79)80)68(107)94-57(34-46-37-84-51-22-13-12-20-49(46)51)70(109)95-59(36-61(99)100)72(111)90-53(23-14-29-82-74(77)78)67(106)92-55(66(105)86-40-62(101)102)32-43-16-8-6-9-17-43/h6-13,16-20,22,25-28,37-38,41-42,50,52-59,63,84,97H,4-5,14-15,21,23-24,29-36,39-40,76H2,1-3H3,(H,81,87)(H,85,104)(H,86,105)(H,88,98)(H,89,108)(H,90,111)(H,91,112)(H,92,106)(H,93,110)(H,94,107)(H,95,109)(H,96,103)(H,99,100)(H,101,102)(H4,77,78,82)(H4,79,80,83)/t50-,52-,53-,54-,55-,56-,57+,58-,59-,63-/m0/s1. The van der Waals surface area contributed by atoms with Gasteiger partial charge in [0.25, 0.3) is 0 Å². The first kappa shape index (κ1) is 87.9. The number of carboxylic acid groups (broad SMARTS) is 2. The van der Waals surface area contributed by atoms with Crippen LogP contribution in [0.1, 0.15) is 100 Å². The van der Waals surface area contributed by atoms with Crippen molar-refractivity contribution in [3.8, 4) is 5.75 Å². The molecule has 6 aromatic rings. The SMILES string of the molecule is CCCC[C@H](NC(=O)[C@@H](NC(=O)[C@@H](N)Cc1ccc(O)cc1)C(C)C)C(=O)NCC(=O)N[C@@H](Cc1cnc[nH]1)C(=O)N[C@@H](Cc1ccccc1)C(=O)N[C@@H](CCCNC(=N)N)C(=O)N[C@H](Cc1c[nH]c2ccccc12)C(=O)N[C@@H](CC(=O)O)C(=O)N[C@@H](CCCNC(=N)N)C(=O)N[C@@H](Cc1ccccc1)C(=O)NCC(=O)O. The van der Waals surface area contributed by atoms with Gasteiger partial charge in [0.05, 0.1) is 25.3 Å². The molecule has 37 nitrogen and oxygen atoms in total. The maximum Gasteiger partial charge on any atom is 0.322 e. The highest BCUT2D eigenvalue weighted by Crippen LogP contribution is 2.21. The Morgan fingerprint density at radius 1 is 0.455 bits per heavy atom. The molecule has 26 N–H and O–H groups in total. The van der Waals surface area contributed by atoms with E-state index < -0.39 is 175 Å². The molecule has 2 aromatic heterocycles. The molecule has 6 rings (SSSR count). The van der Waals surface area contributed by atoms with Crippen LogP contribution in [0, 0.1) is 16.7 Å². The molecule has 0 spiro atoms. The topological polar surface area (TPSA) is 609 Å². The summed E-state index contributed by atoms with van der Waals surface area (Å²) in [6.07, 6.45) is 3.00. The van der Waals surface area contributed by atoms with E-state index in [4.69, 9.17) is 28.0 Å². The molecule has 0 fully saturated rings. The van der Waals surface area contributed by atoms with Gasteiger partial charge >= 0.3 is 11.9 Å². The molecule has 112 heavy (non-hydrogen) atoms. The minimum Gasteiger partial charge on any atom is -0.508 e. The molecule has 2 heterocycles. The Hall–Kier alpha value is -13.0. The Morgan fingerprint density at radius 3 is 1.42 bits per heavy atom. The molecule has 37 heteroatoms. The number of aromatic nitrogens is 3. The van der Waals surface area contributed by atoms with Crippen molar-refractivity contribution in [3.63, 3.8) is 0 Å². The van der Waals surface area contributed by atoms with Crippen molar-refractivity contribution in [1.82, 2.24) is 84.1 Å². The van der Waals surface area contributed by atoms with Crippen molar-refractivity contribution in [3.05, 3.63) is 156 Å². The summed E-state index contributed by atoms with van der Waals surface area (Å²) >= 11 is 0. The summed E-state index contributed by atoms with van der Waals surface area (Å²) < 4.78 is 0. The van der Waals surface area contributed by atoms with Gasteiger partial charge in [0.1, 0.15) is 66.7 Å². The number of nitrogens with one attached hydrogen (secondary N) is 17. The van der Waals surface area contributed by atoms with Gasteiger partial charge in [-0.15, -0.1) is 0 Å². The normalized spacial score (nSPS) is 13.7. The van der Waals surface area contributed by atoms with Gasteiger partial charge in [0.15, 0.2) is 11.9 Å². The van der Waals surface area contributed by atoms with Gasteiger partial charge in [0.2, 0.25) is 65.0 Å². The number of guanidine groups is 2. The molecule has 0 aliphatic carbocycles. The van der Waals surface area contributed by atoms with Crippen molar-refractivity contribution < 1.29 is 77.6 Å². The van der Waals surface area contributed by atoms with Crippen molar-refractivity contribution >= 4 is 99.7 Å². The number of aromatic amines is 2. The number of carbonyl (C=O) groups is 13. The molecule has 0 bridgehead atoms. The van der Waals surface area contributed by atoms with Crippen LogP contribution in [0.4, 0.5) is 0 Å². The number of benzene rings is 4. The van der Waals surface area contributed by atoms with Crippen LogP contribution in [0.5, 0.6) is 5.75 Å². The van der Waals surface area contributed by atoms with E-state index >= 15 is 14.4 Å².